The Morgan fingerprint density at radius 1 is 1.41 bits per heavy atom. The zero-order valence-corrected chi connectivity index (χ0v) is 8.71. The molecule has 1 aliphatic rings. The van der Waals surface area contributed by atoms with Gasteiger partial charge in [0, 0.05) is 18.5 Å². The molecule has 6 heteroatoms. The maximum absolute atomic E-state index is 13.5. The van der Waals surface area contributed by atoms with Gasteiger partial charge < -0.3 is 5.11 Å². The molecule has 0 bridgehead atoms. The predicted molar refractivity (Wildman–Crippen MR) is 55.0 cm³/mol. The summed E-state index contributed by atoms with van der Waals surface area (Å²) in [7, 11) is 0. The Bertz CT molecular complexity index is 454. The summed E-state index contributed by atoms with van der Waals surface area (Å²) >= 11 is 0. The molecule has 0 unspecified atom stereocenters. The summed E-state index contributed by atoms with van der Waals surface area (Å²) in [6, 6.07) is 3.71. The topological polar surface area (TPSA) is 49.3 Å². The number of anilines is 1. The number of hydrogen-bond acceptors (Lipinski definition) is 1. The maximum atomic E-state index is 13.5. The van der Waals surface area contributed by atoms with E-state index in [1.807, 2.05) is 5.32 Å². The number of alkyl halides is 2. The number of carboxylic acid groups (broad SMARTS) is 1. The first-order valence-corrected chi connectivity index (χ1v) is 5.04. The zero-order chi connectivity index (χ0) is 12.6. The van der Waals surface area contributed by atoms with Crippen molar-refractivity contribution in [2.45, 2.75) is 24.7 Å². The molecule has 2 N–H and O–H groups in total. The molecule has 1 amide bonds. The molecule has 2 rings (SSSR count). The third-order valence-electron chi connectivity index (χ3n) is 2.78. The minimum atomic E-state index is -2.70. The molecule has 0 aliphatic heterocycles. The van der Waals surface area contributed by atoms with Crippen molar-refractivity contribution in [3.05, 3.63) is 29.6 Å². The van der Waals surface area contributed by atoms with Crippen molar-refractivity contribution in [3.63, 3.8) is 0 Å². The summed E-state index contributed by atoms with van der Waals surface area (Å²) in [5.41, 5.74) is 0.302. The van der Waals surface area contributed by atoms with E-state index in [2.05, 4.69) is 0 Å². The molecule has 0 heterocycles. The molecule has 1 aliphatic carbocycles. The van der Waals surface area contributed by atoms with Gasteiger partial charge in [-0.1, -0.05) is 6.07 Å². The highest BCUT2D eigenvalue weighted by Gasteiger charge is 2.46. The molecule has 1 saturated carbocycles. The van der Waals surface area contributed by atoms with Crippen molar-refractivity contribution >= 4 is 11.8 Å². The molecule has 17 heavy (non-hydrogen) atoms. The Balaban J connectivity index is 2.13. The Labute approximate surface area is 95.3 Å². The average molecular weight is 245 g/mol. The van der Waals surface area contributed by atoms with Crippen molar-refractivity contribution in [1.29, 1.82) is 0 Å². The molecule has 3 nitrogen and oxygen atoms in total. The van der Waals surface area contributed by atoms with Crippen LogP contribution in [0.2, 0.25) is 0 Å². The summed E-state index contributed by atoms with van der Waals surface area (Å²) < 4.78 is 38.8. The predicted octanol–water partition coefficient (Wildman–Crippen LogP) is 3.43. The number of benzene rings is 1. The lowest BCUT2D eigenvalue weighted by molar-refractivity contribution is -0.0873. The van der Waals surface area contributed by atoms with Gasteiger partial charge in [0.25, 0.3) is 0 Å². The highest BCUT2D eigenvalue weighted by Crippen LogP contribution is 2.48. The molecule has 1 aromatic carbocycles. The van der Waals surface area contributed by atoms with E-state index < -0.39 is 23.8 Å². The van der Waals surface area contributed by atoms with Gasteiger partial charge in [0.15, 0.2) is 0 Å². The summed E-state index contributed by atoms with van der Waals surface area (Å²) in [4.78, 5) is 10.3. The molecule has 0 aromatic heterocycles. The normalized spacial score (nSPS) is 18.5. The van der Waals surface area contributed by atoms with Crippen molar-refractivity contribution in [2.75, 3.05) is 5.32 Å². The quantitative estimate of drug-likeness (QED) is 0.838. The number of hydrogen-bond donors (Lipinski definition) is 2. The van der Waals surface area contributed by atoms with E-state index in [0.717, 1.165) is 6.07 Å². The van der Waals surface area contributed by atoms with Gasteiger partial charge in [-0.15, -0.1) is 0 Å². The van der Waals surface area contributed by atoms with Gasteiger partial charge in [0.05, 0.1) is 0 Å². The number of amides is 1. The Hall–Kier alpha value is -1.72. The van der Waals surface area contributed by atoms with Crippen LogP contribution in [0.4, 0.5) is 23.7 Å². The number of rotatable bonds is 2. The highest BCUT2D eigenvalue weighted by molar-refractivity contribution is 5.82. The Kier molecular flexibility index (Phi) is 2.73. The van der Waals surface area contributed by atoms with Crippen molar-refractivity contribution in [2.24, 2.45) is 0 Å². The monoisotopic (exact) mass is 245 g/mol. The Morgan fingerprint density at radius 3 is 2.53 bits per heavy atom. The van der Waals surface area contributed by atoms with Gasteiger partial charge in [-0.2, -0.15) is 0 Å². The van der Waals surface area contributed by atoms with E-state index in [4.69, 9.17) is 5.11 Å². The van der Waals surface area contributed by atoms with Crippen molar-refractivity contribution in [3.8, 4) is 0 Å². The standard InChI is InChI=1S/C11H10F3NO2/c12-9-3-7(15-10(16)17)1-2-8(9)6-4-11(13,14)5-6/h1-3,6,15H,4-5H2,(H,16,17). The lowest BCUT2D eigenvalue weighted by atomic mass is 9.76. The van der Waals surface area contributed by atoms with Gasteiger partial charge in [0.1, 0.15) is 5.82 Å². The lowest BCUT2D eigenvalue weighted by Gasteiger charge is -2.35. The molecule has 0 saturated heterocycles. The largest absolute Gasteiger partial charge is 0.465 e. The molecule has 1 aromatic rings. The Morgan fingerprint density at radius 2 is 2.06 bits per heavy atom. The van der Waals surface area contributed by atoms with Crippen LogP contribution in [0.15, 0.2) is 18.2 Å². The van der Waals surface area contributed by atoms with E-state index in [1.165, 1.54) is 12.1 Å². The van der Waals surface area contributed by atoms with Crippen LogP contribution in [0.5, 0.6) is 0 Å². The summed E-state index contributed by atoms with van der Waals surface area (Å²) in [5, 5.41) is 10.4. The van der Waals surface area contributed by atoms with Crippen LogP contribution in [0, 0.1) is 5.82 Å². The van der Waals surface area contributed by atoms with E-state index in [9.17, 15) is 18.0 Å². The zero-order valence-electron chi connectivity index (χ0n) is 8.71. The molecule has 1 fully saturated rings. The summed E-state index contributed by atoms with van der Waals surface area (Å²) in [5.74, 6) is -3.84. The van der Waals surface area contributed by atoms with Gasteiger partial charge in [-0.25, -0.2) is 18.0 Å². The number of nitrogens with one attached hydrogen (secondary N) is 1. The maximum Gasteiger partial charge on any atom is 0.409 e. The minimum Gasteiger partial charge on any atom is -0.465 e. The van der Waals surface area contributed by atoms with Crippen LogP contribution in [-0.4, -0.2) is 17.1 Å². The fourth-order valence-electron chi connectivity index (χ4n) is 1.94. The van der Waals surface area contributed by atoms with E-state index in [1.54, 1.807) is 0 Å². The number of carbonyl (C=O) groups is 1. The van der Waals surface area contributed by atoms with Crippen LogP contribution in [-0.2, 0) is 0 Å². The molecule has 0 radical (unpaired) electrons. The third kappa shape index (κ3) is 2.51. The van der Waals surface area contributed by atoms with Gasteiger partial charge in [0.2, 0.25) is 5.92 Å². The molecular weight excluding hydrogens is 235 g/mol. The van der Waals surface area contributed by atoms with Crippen LogP contribution in [0.1, 0.15) is 24.3 Å². The number of halogens is 3. The fourth-order valence-corrected chi connectivity index (χ4v) is 1.94. The first kappa shape index (κ1) is 11.8. The summed E-state index contributed by atoms with van der Waals surface area (Å²) in [6.45, 7) is 0. The van der Waals surface area contributed by atoms with Crippen LogP contribution < -0.4 is 5.32 Å². The molecule has 0 spiro atoms. The van der Waals surface area contributed by atoms with Crippen LogP contribution in [0.25, 0.3) is 0 Å². The average Bonchev–Trinajstić information content (AvgIpc) is 2.13. The van der Waals surface area contributed by atoms with Gasteiger partial charge in [-0.05, 0) is 23.6 Å². The second-order valence-corrected chi connectivity index (χ2v) is 4.13. The first-order chi connectivity index (χ1) is 7.87. The van der Waals surface area contributed by atoms with Crippen LogP contribution in [0.3, 0.4) is 0 Å². The highest BCUT2D eigenvalue weighted by atomic mass is 19.3. The van der Waals surface area contributed by atoms with Crippen LogP contribution >= 0.6 is 0 Å². The summed E-state index contributed by atoms with van der Waals surface area (Å²) in [6.07, 6.45) is -2.00. The van der Waals surface area contributed by atoms with Crippen molar-refractivity contribution < 1.29 is 23.1 Å². The van der Waals surface area contributed by atoms with E-state index >= 15 is 0 Å². The molecule has 0 atom stereocenters. The molecule has 92 valence electrons. The third-order valence-corrected chi connectivity index (χ3v) is 2.78. The molecular formula is C11H10F3NO2. The first-order valence-electron chi connectivity index (χ1n) is 5.04. The SMILES string of the molecule is O=C(O)Nc1ccc(C2CC(F)(F)C2)c(F)c1. The second kappa shape index (κ2) is 3.94. The smallest absolute Gasteiger partial charge is 0.409 e. The van der Waals surface area contributed by atoms with E-state index in [-0.39, 0.29) is 24.1 Å². The lowest BCUT2D eigenvalue weighted by Crippen LogP contribution is -2.34. The van der Waals surface area contributed by atoms with Gasteiger partial charge in [-0.3, -0.25) is 5.32 Å². The van der Waals surface area contributed by atoms with Crippen molar-refractivity contribution in [1.82, 2.24) is 0 Å². The second-order valence-electron chi connectivity index (χ2n) is 4.13. The fraction of sp³-hybridized carbons (Fsp3) is 0.364. The van der Waals surface area contributed by atoms with E-state index in [0.29, 0.717) is 0 Å². The van der Waals surface area contributed by atoms with Gasteiger partial charge >= 0.3 is 6.09 Å². The minimum absolute atomic E-state index is 0.0878.